The van der Waals surface area contributed by atoms with Gasteiger partial charge in [0, 0.05) is 25.7 Å². The Labute approximate surface area is 149 Å². The van der Waals surface area contributed by atoms with Crippen LogP contribution in [0.2, 0.25) is 0 Å². The second-order valence-electron chi connectivity index (χ2n) is 6.11. The molecule has 1 saturated heterocycles. The molecule has 0 atom stereocenters. The zero-order chi connectivity index (χ0) is 18.9. The van der Waals surface area contributed by atoms with Crippen LogP contribution in [-0.2, 0) is 23.8 Å². The fourth-order valence-corrected chi connectivity index (χ4v) is 2.60. The van der Waals surface area contributed by atoms with E-state index in [2.05, 4.69) is 5.32 Å². The van der Waals surface area contributed by atoms with E-state index >= 15 is 0 Å². The molecule has 1 fully saturated rings. The normalized spacial score (nSPS) is 15.9. The summed E-state index contributed by atoms with van der Waals surface area (Å²) in [4.78, 5) is 35.7. The molecule has 2 aromatic carbocycles. The number of methoxy groups -OCH3 is 1. The quantitative estimate of drug-likeness (QED) is 0.514. The third-order valence-electron chi connectivity index (χ3n) is 3.79. The Hall–Kier alpha value is -3.35. The SMILES string of the molecule is COC(=O)c1cccc2cc(NC=C3C(=O)OC(C)(C)OC3=O)ccc12. The predicted octanol–water partition coefficient (Wildman–Crippen LogP) is 2.76. The zero-order valence-corrected chi connectivity index (χ0v) is 14.5. The Bertz CT molecular complexity index is 922. The summed E-state index contributed by atoms with van der Waals surface area (Å²) in [6, 6.07) is 10.5. The smallest absolute Gasteiger partial charge is 0.350 e. The van der Waals surface area contributed by atoms with Crippen LogP contribution in [-0.4, -0.2) is 30.8 Å². The molecule has 0 aliphatic carbocycles. The van der Waals surface area contributed by atoms with Crippen molar-refractivity contribution in [3.8, 4) is 0 Å². The van der Waals surface area contributed by atoms with Crippen molar-refractivity contribution in [2.75, 3.05) is 12.4 Å². The average molecular weight is 355 g/mol. The molecule has 2 aromatic rings. The summed E-state index contributed by atoms with van der Waals surface area (Å²) in [6.07, 6.45) is 1.24. The van der Waals surface area contributed by atoms with Gasteiger partial charge in [-0.05, 0) is 29.0 Å². The number of benzene rings is 2. The van der Waals surface area contributed by atoms with Gasteiger partial charge in [-0.15, -0.1) is 0 Å². The average Bonchev–Trinajstić information content (AvgIpc) is 2.58. The monoisotopic (exact) mass is 355 g/mol. The fraction of sp³-hybridized carbons (Fsp3) is 0.211. The first-order chi connectivity index (χ1) is 12.3. The molecule has 0 radical (unpaired) electrons. The fourth-order valence-electron chi connectivity index (χ4n) is 2.60. The Morgan fingerprint density at radius 1 is 1.12 bits per heavy atom. The molecule has 0 amide bonds. The summed E-state index contributed by atoms with van der Waals surface area (Å²) in [5, 5.41) is 4.41. The lowest BCUT2D eigenvalue weighted by Gasteiger charge is -2.29. The molecular formula is C19H17NO6. The van der Waals surface area contributed by atoms with Crippen LogP contribution in [0.4, 0.5) is 5.69 Å². The minimum atomic E-state index is -1.28. The van der Waals surface area contributed by atoms with Gasteiger partial charge in [0.1, 0.15) is 0 Å². The van der Waals surface area contributed by atoms with E-state index in [1.54, 1.807) is 30.3 Å². The van der Waals surface area contributed by atoms with Gasteiger partial charge in [0.25, 0.3) is 5.79 Å². The van der Waals surface area contributed by atoms with Gasteiger partial charge in [-0.2, -0.15) is 0 Å². The zero-order valence-electron chi connectivity index (χ0n) is 14.5. The number of cyclic esters (lactones) is 2. The van der Waals surface area contributed by atoms with Crippen LogP contribution in [0.15, 0.2) is 48.2 Å². The lowest BCUT2D eigenvalue weighted by atomic mass is 10.0. The predicted molar refractivity (Wildman–Crippen MR) is 93.3 cm³/mol. The molecule has 7 heteroatoms. The molecular weight excluding hydrogens is 338 g/mol. The van der Waals surface area contributed by atoms with Gasteiger partial charge in [0.2, 0.25) is 0 Å². The number of carbonyl (C=O) groups excluding carboxylic acids is 3. The minimum Gasteiger partial charge on any atom is -0.465 e. The van der Waals surface area contributed by atoms with Gasteiger partial charge >= 0.3 is 17.9 Å². The molecule has 1 N–H and O–H groups in total. The maximum atomic E-state index is 11.9. The maximum absolute atomic E-state index is 11.9. The first-order valence-corrected chi connectivity index (χ1v) is 7.85. The highest BCUT2D eigenvalue weighted by molar-refractivity contribution is 6.15. The first-order valence-electron chi connectivity index (χ1n) is 7.85. The molecule has 0 spiro atoms. The molecule has 0 bridgehead atoms. The van der Waals surface area contributed by atoms with Crippen LogP contribution in [0.25, 0.3) is 10.8 Å². The highest BCUT2D eigenvalue weighted by Gasteiger charge is 2.38. The van der Waals surface area contributed by atoms with Gasteiger partial charge in [-0.25, -0.2) is 14.4 Å². The maximum Gasteiger partial charge on any atom is 0.350 e. The number of ether oxygens (including phenoxy) is 3. The van der Waals surface area contributed by atoms with Crippen molar-refractivity contribution in [1.82, 2.24) is 0 Å². The van der Waals surface area contributed by atoms with E-state index in [0.29, 0.717) is 11.3 Å². The Kier molecular flexibility index (Phi) is 4.38. The molecule has 0 unspecified atom stereocenters. The van der Waals surface area contributed by atoms with Gasteiger partial charge in [0.15, 0.2) is 5.57 Å². The van der Waals surface area contributed by atoms with E-state index in [9.17, 15) is 14.4 Å². The van der Waals surface area contributed by atoms with E-state index in [-0.39, 0.29) is 5.57 Å². The highest BCUT2D eigenvalue weighted by Crippen LogP contribution is 2.25. The summed E-state index contributed by atoms with van der Waals surface area (Å²) in [5.74, 6) is -3.22. The number of hydrogen-bond donors (Lipinski definition) is 1. The molecule has 3 rings (SSSR count). The van der Waals surface area contributed by atoms with E-state index in [0.717, 1.165) is 10.8 Å². The van der Waals surface area contributed by atoms with Crippen LogP contribution in [0.5, 0.6) is 0 Å². The van der Waals surface area contributed by atoms with Gasteiger partial charge in [-0.3, -0.25) is 0 Å². The van der Waals surface area contributed by atoms with Gasteiger partial charge < -0.3 is 19.5 Å². The molecule has 7 nitrogen and oxygen atoms in total. The number of nitrogens with one attached hydrogen (secondary N) is 1. The lowest BCUT2D eigenvalue weighted by Crippen LogP contribution is -2.42. The summed E-state index contributed by atoms with van der Waals surface area (Å²) < 4.78 is 14.8. The van der Waals surface area contributed by atoms with Crippen molar-refractivity contribution in [2.45, 2.75) is 19.6 Å². The van der Waals surface area contributed by atoms with Gasteiger partial charge in [0.05, 0.1) is 12.7 Å². The first kappa shape index (κ1) is 17.5. The second kappa shape index (κ2) is 6.51. The van der Waals surface area contributed by atoms with Crippen LogP contribution in [0, 0.1) is 0 Å². The second-order valence-corrected chi connectivity index (χ2v) is 6.11. The van der Waals surface area contributed by atoms with E-state index in [1.807, 2.05) is 6.07 Å². The summed E-state index contributed by atoms with van der Waals surface area (Å²) in [7, 11) is 1.33. The Morgan fingerprint density at radius 2 is 1.81 bits per heavy atom. The number of fused-ring (bicyclic) bond motifs is 1. The van der Waals surface area contributed by atoms with Crippen molar-refractivity contribution in [3.63, 3.8) is 0 Å². The third-order valence-corrected chi connectivity index (χ3v) is 3.79. The molecule has 134 valence electrons. The topological polar surface area (TPSA) is 90.9 Å². The number of rotatable bonds is 3. The molecule has 1 aliphatic rings. The summed E-state index contributed by atoms with van der Waals surface area (Å²) in [6.45, 7) is 2.96. The number of hydrogen-bond acceptors (Lipinski definition) is 7. The summed E-state index contributed by atoms with van der Waals surface area (Å²) in [5.41, 5.74) is 0.849. The minimum absolute atomic E-state index is 0.229. The van der Waals surface area contributed by atoms with E-state index < -0.39 is 23.7 Å². The number of carbonyl (C=O) groups is 3. The van der Waals surface area contributed by atoms with Crippen LogP contribution < -0.4 is 5.32 Å². The summed E-state index contributed by atoms with van der Waals surface area (Å²) >= 11 is 0. The standard InChI is InChI=1S/C19H17NO6/c1-19(2)25-17(22)15(18(23)26-19)10-20-12-7-8-13-11(9-12)5-4-6-14(13)16(21)24-3/h4-10,20H,1-3H3. The van der Waals surface area contributed by atoms with Crippen LogP contribution in [0.3, 0.4) is 0 Å². The Morgan fingerprint density at radius 3 is 2.46 bits per heavy atom. The molecule has 1 aliphatic heterocycles. The third kappa shape index (κ3) is 3.37. The largest absolute Gasteiger partial charge is 0.465 e. The van der Waals surface area contributed by atoms with Crippen molar-refractivity contribution in [2.24, 2.45) is 0 Å². The Balaban J connectivity index is 1.87. The molecule has 26 heavy (non-hydrogen) atoms. The van der Waals surface area contributed by atoms with Crippen molar-refractivity contribution < 1.29 is 28.6 Å². The molecule has 1 heterocycles. The van der Waals surface area contributed by atoms with Gasteiger partial charge in [-0.1, -0.05) is 18.2 Å². The number of anilines is 1. The lowest BCUT2D eigenvalue weighted by molar-refractivity contribution is -0.222. The van der Waals surface area contributed by atoms with E-state index in [1.165, 1.54) is 27.2 Å². The number of esters is 3. The van der Waals surface area contributed by atoms with Crippen LogP contribution >= 0.6 is 0 Å². The highest BCUT2D eigenvalue weighted by atomic mass is 16.7. The van der Waals surface area contributed by atoms with Crippen molar-refractivity contribution in [1.29, 1.82) is 0 Å². The molecule has 0 aromatic heterocycles. The van der Waals surface area contributed by atoms with Crippen LogP contribution in [0.1, 0.15) is 24.2 Å². The van der Waals surface area contributed by atoms with Crippen molar-refractivity contribution in [3.05, 3.63) is 53.7 Å². The van der Waals surface area contributed by atoms with E-state index in [4.69, 9.17) is 14.2 Å². The van der Waals surface area contributed by atoms with Crippen molar-refractivity contribution >= 4 is 34.4 Å². The molecule has 0 saturated carbocycles.